The Hall–Kier alpha value is -3.00. The number of aromatic nitrogens is 1. The molecule has 2 rings (SSSR count). The van der Waals surface area contributed by atoms with Crippen molar-refractivity contribution in [1.29, 1.82) is 5.26 Å². The first-order chi connectivity index (χ1) is 15.1. The summed E-state index contributed by atoms with van der Waals surface area (Å²) < 4.78 is 10.1. The minimum Gasteiger partial charge on any atom is -0.385 e. The minimum absolute atomic E-state index is 0.248. The van der Waals surface area contributed by atoms with E-state index in [1.165, 1.54) is 11.3 Å². The molecular weight excluding hydrogens is 418 g/mol. The van der Waals surface area contributed by atoms with Crippen molar-refractivity contribution in [2.24, 2.45) is 0 Å². The van der Waals surface area contributed by atoms with Crippen molar-refractivity contribution in [2.45, 2.75) is 19.4 Å². The second-order valence-electron chi connectivity index (χ2n) is 6.62. The number of hydrogen-bond donors (Lipinski definition) is 2. The summed E-state index contributed by atoms with van der Waals surface area (Å²) in [5.41, 5.74) is 1.33. The SMILES string of the molecule is COCCCNC(=O)c1csc(CN(CCCOC)C(=O)Nc2cccc(C#N)c2)n1. The van der Waals surface area contributed by atoms with Gasteiger partial charge in [-0.2, -0.15) is 5.26 Å². The Labute approximate surface area is 186 Å². The summed E-state index contributed by atoms with van der Waals surface area (Å²) in [6.07, 6.45) is 1.38. The Morgan fingerprint density at radius 2 is 2.00 bits per heavy atom. The maximum Gasteiger partial charge on any atom is 0.322 e. The fourth-order valence-electron chi connectivity index (χ4n) is 2.68. The van der Waals surface area contributed by atoms with Gasteiger partial charge in [-0.1, -0.05) is 6.07 Å². The quantitative estimate of drug-likeness (QED) is 0.485. The molecule has 1 aromatic carbocycles. The number of thiazole rings is 1. The molecule has 1 aromatic heterocycles. The molecule has 0 unspecified atom stereocenters. The molecule has 0 saturated heterocycles. The molecule has 0 aliphatic carbocycles. The first kappa shape index (κ1) is 24.3. The molecule has 9 nitrogen and oxygen atoms in total. The lowest BCUT2D eigenvalue weighted by atomic mass is 10.2. The molecule has 0 fully saturated rings. The number of nitrogens with one attached hydrogen (secondary N) is 2. The summed E-state index contributed by atoms with van der Waals surface area (Å²) in [6, 6.07) is 8.45. The molecule has 1 heterocycles. The number of methoxy groups -OCH3 is 2. The zero-order valence-corrected chi connectivity index (χ0v) is 18.5. The van der Waals surface area contributed by atoms with Crippen LogP contribution in [0.25, 0.3) is 0 Å². The molecule has 2 N–H and O–H groups in total. The van der Waals surface area contributed by atoms with Crippen molar-refractivity contribution in [3.8, 4) is 6.07 Å². The zero-order chi connectivity index (χ0) is 22.5. The summed E-state index contributed by atoms with van der Waals surface area (Å²) >= 11 is 1.33. The molecule has 31 heavy (non-hydrogen) atoms. The van der Waals surface area contributed by atoms with Gasteiger partial charge in [-0.05, 0) is 31.0 Å². The van der Waals surface area contributed by atoms with Gasteiger partial charge in [0, 0.05) is 51.6 Å². The third kappa shape index (κ3) is 8.33. The van der Waals surface area contributed by atoms with Gasteiger partial charge in [0.15, 0.2) is 0 Å². The van der Waals surface area contributed by atoms with Crippen LogP contribution in [-0.4, -0.2) is 62.3 Å². The monoisotopic (exact) mass is 445 g/mol. The third-order valence-corrected chi connectivity index (χ3v) is 5.06. The highest BCUT2D eigenvalue weighted by Crippen LogP contribution is 2.15. The number of benzene rings is 1. The van der Waals surface area contributed by atoms with Crippen molar-refractivity contribution in [1.82, 2.24) is 15.2 Å². The Morgan fingerprint density at radius 1 is 1.23 bits per heavy atom. The number of amides is 3. The number of rotatable bonds is 12. The van der Waals surface area contributed by atoms with E-state index < -0.39 is 0 Å². The van der Waals surface area contributed by atoms with Crippen LogP contribution in [0.15, 0.2) is 29.6 Å². The van der Waals surface area contributed by atoms with E-state index in [1.54, 1.807) is 48.8 Å². The number of carbonyl (C=O) groups excluding carboxylic acids is 2. The molecule has 2 aromatic rings. The first-order valence-corrected chi connectivity index (χ1v) is 10.7. The molecule has 3 amide bonds. The molecule has 0 aliphatic rings. The molecular formula is C21H27N5O4S. The molecule has 0 saturated carbocycles. The predicted octanol–water partition coefficient (Wildman–Crippen LogP) is 2.85. The van der Waals surface area contributed by atoms with Crippen LogP contribution in [0.5, 0.6) is 0 Å². The molecule has 0 spiro atoms. The van der Waals surface area contributed by atoms with Gasteiger partial charge >= 0.3 is 6.03 Å². The Morgan fingerprint density at radius 3 is 2.74 bits per heavy atom. The fraction of sp³-hybridized carbons (Fsp3) is 0.429. The average molecular weight is 446 g/mol. The van der Waals surface area contributed by atoms with Gasteiger partial charge < -0.3 is 25.0 Å². The van der Waals surface area contributed by atoms with Crippen LogP contribution < -0.4 is 10.6 Å². The smallest absolute Gasteiger partial charge is 0.322 e. The Balaban J connectivity index is 2.01. The van der Waals surface area contributed by atoms with E-state index in [1.807, 2.05) is 0 Å². The molecule has 0 radical (unpaired) electrons. The molecule has 0 bridgehead atoms. The normalized spacial score (nSPS) is 10.4. The summed E-state index contributed by atoms with van der Waals surface area (Å²) in [5, 5.41) is 17.0. The third-order valence-electron chi connectivity index (χ3n) is 4.23. The summed E-state index contributed by atoms with van der Waals surface area (Å²) in [4.78, 5) is 31.0. The number of carbonyl (C=O) groups is 2. The van der Waals surface area contributed by atoms with Gasteiger partial charge in [0.2, 0.25) is 0 Å². The zero-order valence-electron chi connectivity index (χ0n) is 17.7. The highest BCUT2D eigenvalue weighted by Gasteiger charge is 2.18. The van der Waals surface area contributed by atoms with E-state index in [0.717, 1.165) is 6.42 Å². The van der Waals surface area contributed by atoms with Gasteiger partial charge in [-0.15, -0.1) is 11.3 Å². The van der Waals surface area contributed by atoms with Crippen LogP contribution in [0.1, 0.15) is 33.9 Å². The van der Waals surface area contributed by atoms with Gasteiger partial charge in [0.1, 0.15) is 10.7 Å². The highest BCUT2D eigenvalue weighted by atomic mass is 32.1. The van der Waals surface area contributed by atoms with E-state index in [0.29, 0.717) is 54.7 Å². The predicted molar refractivity (Wildman–Crippen MR) is 118 cm³/mol. The summed E-state index contributed by atoms with van der Waals surface area (Å²) in [6.45, 7) is 2.31. The van der Waals surface area contributed by atoms with E-state index in [-0.39, 0.29) is 18.5 Å². The molecule has 0 aliphatic heterocycles. The summed E-state index contributed by atoms with van der Waals surface area (Å²) in [7, 11) is 3.22. The van der Waals surface area contributed by atoms with Gasteiger partial charge in [-0.3, -0.25) is 4.79 Å². The maximum absolute atomic E-state index is 12.8. The molecule has 10 heteroatoms. The van der Waals surface area contributed by atoms with E-state index in [4.69, 9.17) is 14.7 Å². The van der Waals surface area contributed by atoms with Crippen molar-refractivity contribution in [3.05, 3.63) is 45.9 Å². The summed E-state index contributed by atoms with van der Waals surface area (Å²) in [5.74, 6) is -0.248. The van der Waals surface area contributed by atoms with Crippen LogP contribution >= 0.6 is 11.3 Å². The van der Waals surface area contributed by atoms with Crippen molar-refractivity contribution < 1.29 is 19.1 Å². The maximum atomic E-state index is 12.8. The fourth-order valence-corrected chi connectivity index (χ4v) is 3.47. The topological polar surface area (TPSA) is 117 Å². The van der Waals surface area contributed by atoms with Gasteiger partial charge in [0.25, 0.3) is 5.91 Å². The van der Waals surface area contributed by atoms with Crippen LogP contribution in [0.3, 0.4) is 0 Å². The van der Waals surface area contributed by atoms with E-state index in [2.05, 4.69) is 21.7 Å². The lowest BCUT2D eigenvalue weighted by Gasteiger charge is -2.22. The van der Waals surface area contributed by atoms with Crippen LogP contribution in [0.2, 0.25) is 0 Å². The molecule has 0 atom stereocenters. The number of hydrogen-bond acceptors (Lipinski definition) is 7. The average Bonchev–Trinajstić information content (AvgIpc) is 3.25. The highest BCUT2D eigenvalue weighted by molar-refractivity contribution is 7.09. The standard InChI is InChI=1S/C21H27N5O4S/c1-29-10-4-8-23-20(27)18-15-31-19(25-18)14-26(9-5-11-30-2)21(28)24-17-7-3-6-16(12-17)13-22/h3,6-7,12,15H,4-5,8-11,14H2,1-2H3,(H,23,27)(H,24,28). The lowest BCUT2D eigenvalue weighted by molar-refractivity contribution is 0.0944. The van der Waals surface area contributed by atoms with Crippen molar-refractivity contribution in [2.75, 3.05) is 45.8 Å². The number of nitrogens with zero attached hydrogens (tertiary/aromatic N) is 3. The number of urea groups is 1. The second kappa shape index (κ2) is 13.3. The minimum atomic E-state index is -0.313. The first-order valence-electron chi connectivity index (χ1n) is 9.84. The Bertz CT molecular complexity index is 896. The van der Waals surface area contributed by atoms with Gasteiger partial charge in [-0.25, -0.2) is 9.78 Å². The van der Waals surface area contributed by atoms with Crippen LogP contribution in [0, 0.1) is 11.3 Å². The molecule has 166 valence electrons. The van der Waals surface area contributed by atoms with E-state index >= 15 is 0 Å². The Kier molecular flexibility index (Phi) is 10.4. The van der Waals surface area contributed by atoms with Crippen molar-refractivity contribution >= 4 is 29.0 Å². The van der Waals surface area contributed by atoms with Crippen LogP contribution in [0.4, 0.5) is 10.5 Å². The number of ether oxygens (including phenoxy) is 2. The number of nitriles is 1. The number of anilines is 1. The van der Waals surface area contributed by atoms with Crippen LogP contribution in [-0.2, 0) is 16.0 Å². The second-order valence-corrected chi connectivity index (χ2v) is 7.56. The largest absolute Gasteiger partial charge is 0.385 e. The lowest BCUT2D eigenvalue weighted by Crippen LogP contribution is -2.35. The van der Waals surface area contributed by atoms with Gasteiger partial charge in [0.05, 0.1) is 18.2 Å². The van der Waals surface area contributed by atoms with Crippen molar-refractivity contribution in [3.63, 3.8) is 0 Å². The van der Waals surface area contributed by atoms with E-state index in [9.17, 15) is 9.59 Å².